The highest BCUT2D eigenvalue weighted by Gasteiger charge is 2.03. The third kappa shape index (κ3) is 2.25. The smallest absolute Gasteiger partial charge is 0.150 e. The van der Waals surface area contributed by atoms with Gasteiger partial charge in [0.05, 0.1) is 11.4 Å². The van der Waals surface area contributed by atoms with E-state index in [1.807, 2.05) is 26.0 Å². The minimum atomic E-state index is 0.648. The van der Waals surface area contributed by atoms with E-state index in [-0.39, 0.29) is 0 Å². The lowest BCUT2D eigenvalue weighted by molar-refractivity contribution is 0.432. The van der Waals surface area contributed by atoms with Crippen molar-refractivity contribution in [2.45, 2.75) is 20.8 Å². The highest BCUT2D eigenvalue weighted by Crippen LogP contribution is 2.26. The number of ether oxygens (including phenoxy) is 1. The zero-order valence-electron chi connectivity index (χ0n) is 8.35. The van der Waals surface area contributed by atoms with Gasteiger partial charge in [0.15, 0.2) is 0 Å². The number of allylic oxidation sites excluding steroid dienone is 1. The standard InChI is InChI=1S/C11H15NO/c1-7(2)13-11-6-9(4)8(3)5-10(11)12/h5-6H,1,12H2,2-4H3. The second-order valence-electron chi connectivity index (χ2n) is 3.28. The lowest BCUT2D eigenvalue weighted by atomic mass is 10.1. The maximum atomic E-state index is 5.77. The van der Waals surface area contributed by atoms with Crippen LogP contribution in [-0.4, -0.2) is 0 Å². The van der Waals surface area contributed by atoms with Crippen LogP contribution in [0, 0.1) is 13.8 Å². The fraction of sp³-hybridized carbons (Fsp3) is 0.273. The molecule has 0 aliphatic heterocycles. The summed E-state index contributed by atoms with van der Waals surface area (Å²) >= 11 is 0. The Kier molecular flexibility index (Phi) is 2.61. The van der Waals surface area contributed by atoms with Gasteiger partial charge in [-0.1, -0.05) is 6.58 Å². The summed E-state index contributed by atoms with van der Waals surface area (Å²) in [7, 11) is 0. The number of anilines is 1. The van der Waals surface area contributed by atoms with Gasteiger partial charge < -0.3 is 10.5 Å². The molecule has 0 bridgehead atoms. The Bertz CT molecular complexity index is 342. The molecule has 0 aromatic heterocycles. The Labute approximate surface area is 79.0 Å². The maximum Gasteiger partial charge on any atom is 0.150 e. The Morgan fingerprint density at radius 3 is 2.38 bits per heavy atom. The average molecular weight is 177 g/mol. The van der Waals surface area contributed by atoms with Crippen LogP contribution >= 0.6 is 0 Å². The molecular formula is C11H15NO. The molecule has 0 radical (unpaired) electrons. The number of nitrogens with two attached hydrogens (primary N) is 1. The van der Waals surface area contributed by atoms with Crippen LogP contribution in [0.25, 0.3) is 0 Å². The van der Waals surface area contributed by atoms with Crippen molar-refractivity contribution in [2.75, 3.05) is 5.73 Å². The molecule has 0 saturated heterocycles. The third-order valence-electron chi connectivity index (χ3n) is 1.91. The highest BCUT2D eigenvalue weighted by molar-refractivity contribution is 5.56. The second kappa shape index (κ2) is 3.52. The summed E-state index contributed by atoms with van der Waals surface area (Å²) in [5.74, 6) is 1.34. The Hall–Kier alpha value is -1.44. The molecule has 0 amide bonds. The minimum absolute atomic E-state index is 0.648. The molecule has 70 valence electrons. The van der Waals surface area contributed by atoms with Gasteiger partial charge in [0, 0.05) is 0 Å². The summed E-state index contributed by atoms with van der Waals surface area (Å²) in [6, 6.07) is 3.84. The Morgan fingerprint density at radius 1 is 1.31 bits per heavy atom. The zero-order chi connectivity index (χ0) is 10.0. The first-order valence-corrected chi connectivity index (χ1v) is 4.21. The molecule has 0 fully saturated rings. The molecule has 0 spiro atoms. The highest BCUT2D eigenvalue weighted by atomic mass is 16.5. The van der Waals surface area contributed by atoms with E-state index in [1.165, 1.54) is 11.1 Å². The van der Waals surface area contributed by atoms with Crippen LogP contribution in [-0.2, 0) is 0 Å². The van der Waals surface area contributed by atoms with Gasteiger partial charge in [0.2, 0.25) is 0 Å². The predicted molar refractivity (Wildman–Crippen MR) is 55.8 cm³/mol. The largest absolute Gasteiger partial charge is 0.460 e. The van der Waals surface area contributed by atoms with Crippen molar-refractivity contribution >= 4 is 5.69 Å². The van der Waals surface area contributed by atoms with Crippen molar-refractivity contribution in [1.29, 1.82) is 0 Å². The molecular weight excluding hydrogens is 162 g/mol. The SMILES string of the molecule is C=C(C)Oc1cc(C)c(C)cc1N. The monoisotopic (exact) mass is 177 g/mol. The van der Waals surface area contributed by atoms with Gasteiger partial charge in [-0.15, -0.1) is 0 Å². The molecule has 0 atom stereocenters. The summed E-state index contributed by atoms with van der Waals surface area (Å²) in [4.78, 5) is 0. The molecule has 1 rings (SSSR count). The summed E-state index contributed by atoms with van der Waals surface area (Å²) < 4.78 is 5.36. The summed E-state index contributed by atoms with van der Waals surface area (Å²) in [6.07, 6.45) is 0. The van der Waals surface area contributed by atoms with Crippen molar-refractivity contribution in [2.24, 2.45) is 0 Å². The maximum absolute atomic E-state index is 5.77. The average Bonchev–Trinajstić information content (AvgIpc) is 1.99. The van der Waals surface area contributed by atoms with E-state index in [2.05, 4.69) is 6.58 Å². The van der Waals surface area contributed by atoms with Gasteiger partial charge in [0.25, 0.3) is 0 Å². The predicted octanol–water partition coefficient (Wildman–Crippen LogP) is 2.80. The molecule has 0 heterocycles. The van der Waals surface area contributed by atoms with E-state index in [0.717, 1.165) is 0 Å². The Balaban J connectivity index is 3.08. The second-order valence-corrected chi connectivity index (χ2v) is 3.28. The van der Waals surface area contributed by atoms with E-state index < -0.39 is 0 Å². The lowest BCUT2D eigenvalue weighted by Gasteiger charge is -2.10. The summed E-state index contributed by atoms with van der Waals surface area (Å²) in [5, 5.41) is 0. The van der Waals surface area contributed by atoms with E-state index in [4.69, 9.17) is 10.5 Å². The fourth-order valence-electron chi connectivity index (χ4n) is 1.09. The lowest BCUT2D eigenvalue weighted by Crippen LogP contribution is -1.96. The van der Waals surface area contributed by atoms with Crippen LogP contribution < -0.4 is 10.5 Å². The van der Waals surface area contributed by atoms with Crippen LogP contribution in [0.3, 0.4) is 0 Å². The van der Waals surface area contributed by atoms with Gasteiger partial charge in [-0.3, -0.25) is 0 Å². The van der Waals surface area contributed by atoms with E-state index in [0.29, 0.717) is 17.2 Å². The molecule has 0 saturated carbocycles. The van der Waals surface area contributed by atoms with Crippen LogP contribution in [0.4, 0.5) is 5.69 Å². The van der Waals surface area contributed by atoms with Crippen LogP contribution in [0.15, 0.2) is 24.5 Å². The molecule has 0 aliphatic carbocycles. The van der Waals surface area contributed by atoms with Gasteiger partial charge >= 0.3 is 0 Å². The number of aryl methyl sites for hydroxylation is 2. The molecule has 2 heteroatoms. The van der Waals surface area contributed by atoms with E-state index >= 15 is 0 Å². The normalized spacial score (nSPS) is 9.77. The summed E-state index contributed by atoms with van der Waals surface area (Å²) in [5.41, 5.74) is 8.78. The topological polar surface area (TPSA) is 35.2 Å². The first kappa shape index (κ1) is 9.65. The van der Waals surface area contributed by atoms with Crippen LogP contribution in [0.1, 0.15) is 18.1 Å². The Morgan fingerprint density at radius 2 is 1.85 bits per heavy atom. The number of rotatable bonds is 2. The first-order chi connectivity index (χ1) is 6.00. The molecule has 13 heavy (non-hydrogen) atoms. The van der Waals surface area contributed by atoms with Gasteiger partial charge in [0.1, 0.15) is 5.75 Å². The van der Waals surface area contributed by atoms with Crippen LogP contribution in [0.5, 0.6) is 5.75 Å². The first-order valence-electron chi connectivity index (χ1n) is 4.21. The van der Waals surface area contributed by atoms with E-state index in [9.17, 15) is 0 Å². The minimum Gasteiger partial charge on any atom is -0.460 e. The zero-order valence-corrected chi connectivity index (χ0v) is 8.35. The third-order valence-corrected chi connectivity index (χ3v) is 1.91. The fourth-order valence-corrected chi connectivity index (χ4v) is 1.09. The van der Waals surface area contributed by atoms with Gasteiger partial charge in [-0.25, -0.2) is 0 Å². The number of benzene rings is 1. The summed E-state index contributed by atoms with van der Waals surface area (Å²) in [6.45, 7) is 9.52. The number of nitrogen functional groups attached to an aromatic ring is 1. The van der Waals surface area contributed by atoms with E-state index in [1.54, 1.807) is 6.92 Å². The van der Waals surface area contributed by atoms with Crippen molar-refractivity contribution in [3.8, 4) is 5.75 Å². The molecule has 0 aliphatic rings. The van der Waals surface area contributed by atoms with Crippen molar-refractivity contribution in [3.05, 3.63) is 35.6 Å². The number of hydrogen-bond donors (Lipinski definition) is 1. The van der Waals surface area contributed by atoms with Gasteiger partial charge in [-0.2, -0.15) is 0 Å². The van der Waals surface area contributed by atoms with Crippen molar-refractivity contribution in [3.63, 3.8) is 0 Å². The van der Waals surface area contributed by atoms with Crippen molar-refractivity contribution in [1.82, 2.24) is 0 Å². The molecule has 0 unspecified atom stereocenters. The van der Waals surface area contributed by atoms with Crippen molar-refractivity contribution < 1.29 is 4.74 Å². The molecule has 1 aromatic rings. The molecule has 2 nitrogen and oxygen atoms in total. The quantitative estimate of drug-likeness (QED) is 0.557. The van der Waals surface area contributed by atoms with Gasteiger partial charge in [-0.05, 0) is 44.0 Å². The van der Waals surface area contributed by atoms with Crippen LogP contribution in [0.2, 0.25) is 0 Å². The molecule has 2 N–H and O–H groups in total. The molecule has 1 aromatic carbocycles. The number of hydrogen-bond acceptors (Lipinski definition) is 2.